The summed E-state index contributed by atoms with van der Waals surface area (Å²) in [6.07, 6.45) is 7.58. The molecule has 21 heavy (non-hydrogen) atoms. The van der Waals surface area contributed by atoms with Gasteiger partial charge in [0.05, 0.1) is 15.9 Å². The summed E-state index contributed by atoms with van der Waals surface area (Å²) < 4.78 is 3.33. The van der Waals surface area contributed by atoms with Crippen LogP contribution in [0.5, 0.6) is 0 Å². The SMILES string of the molecule is CCc1nn(CC)c(CC(NN)C2CC3CCC2C3)c1Br. The number of aryl methyl sites for hydroxylation is 2. The maximum absolute atomic E-state index is 5.92. The first kappa shape index (κ1) is 15.5. The van der Waals surface area contributed by atoms with Crippen LogP contribution in [0.15, 0.2) is 4.47 Å². The molecule has 3 rings (SSSR count). The molecule has 118 valence electrons. The van der Waals surface area contributed by atoms with Crippen LogP contribution in [-0.4, -0.2) is 15.8 Å². The number of hydrogen-bond donors (Lipinski definition) is 2. The molecule has 0 aromatic carbocycles. The quantitative estimate of drug-likeness (QED) is 0.609. The Bertz CT molecular complexity index is 499. The van der Waals surface area contributed by atoms with E-state index in [2.05, 4.69) is 39.9 Å². The Morgan fingerprint density at radius 1 is 1.38 bits per heavy atom. The molecule has 4 atom stereocenters. The van der Waals surface area contributed by atoms with Gasteiger partial charge in [0, 0.05) is 19.0 Å². The van der Waals surface area contributed by atoms with Crippen molar-refractivity contribution in [1.82, 2.24) is 15.2 Å². The highest BCUT2D eigenvalue weighted by atomic mass is 79.9. The van der Waals surface area contributed by atoms with Crippen molar-refractivity contribution in [2.75, 3.05) is 0 Å². The van der Waals surface area contributed by atoms with Gasteiger partial charge in [-0.2, -0.15) is 5.10 Å². The van der Waals surface area contributed by atoms with Gasteiger partial charge in [0.15, 0.2) is 0 Å². The molecule has 2 saturated carbocycles. The first-order valence-corrected chi connectivity index (χ1v) is 9.17. The van der Waals surface area contributed by atoms with Gasteiger partial charge in [0.2, 0.25) is 0 Å². The highest BCUT2D eigenvalue weighted by Crippen LogP contribution is 2.50. The van der Waals surface area contributed by atoms with E-state index in [1.165, 1.54) is 35.8 Å². The largest absolute Gasteiger partial charge is 0.271 e. The molecule has 3 N–H and O–H groups in total. The fourth-order valence-electron chi connectivity index (χ4n) is 4.54. The lowest BCUT2D eigenvalue weighted by atomic mass is 9.82. The number of nitrogens with one attached hydrogen (secondary N) is 1. The predicted molar refractivity (Wildman–Crippen MR) is 88.7 cm³/mol. The van der Waals surface area contributed by atoms with Crippen LogP contribution >= 0.6 is 15.9 Å². The van der Waals surface area contributed by atoms with Gasteiger partial charge in [0.1, 0.15) is 0 Å². The summed E-state index contributed by atoms with van der Waals surface area (Å²) in [5.74, 6) is 8.51. The lowest BCUT2D eigenvalue weighted by Crippen LogP contribution is -2.44. The van der Waals surface area contributed by atoms with E-state index in [1.54, 1.807) is 0 Å². The second-order valence-electron chi connectivity index (χ2n) is 6.69. The minimum atomic E-state index is 0.378. The van der Waals surface area contributed by atoms with Crippen LogP contribution in [0.2, 0.25) is 0 Å². The minimum Gasteiger partial charge on any atom is -0.271 e. The lowest BCUT2D eigenvalue weighted by molar-refractivity contribution is 0.245. The summed E-state index contributed by atoms with van der Waals surface area (Å²) in [4.78, 5) is 0. The molecule has 2 aliphatic rings. The summed E-state index contributed by atoms with van der Waals surface area (Å²) in [6.45, 7) is 5.23. The molecule has 2 bridgehead atoms. The zero-order chi connectivity index (χ0) is 15.0. The summed E-state index contributed by atoms with van der Waals surface area (Å²) in [5, 5.41) is 4.71. The molecular weight excluding hydrogens is 328 g/mol. The van der Waals surface area contributed by atoms with E-state index in [1.807, 2.05) is 0 Å². The van der Waals surface area contributed by atoms with Crippen LogP contribution in [0.25, 0.3) is 0 Å². The molecule has 4 nitrogen and oxygen atoms in total. The molecule has 0 radical (unpaired) electrons. The normalized spacial score (nSPS) is 29.2. The maximum Gasteiger partial charge on any atom is 0.0766 e. The number of hydrogen-bond acceptors (Lipinski definition) is 3. The van der Waals surface area contributed by atoms with Crippen LogP contribution in [0, 0.1) is 17.8 Å². The molecule has 2 aliphatic carbocycles. The smallest absolute Gasteiger partial charge is 0.0766 e. The van der Waals surface area contributed by atoms with E-state index in [4.69, 9.17) is 10.9 Å². The van der Waals surface area contributed by atoms with Crippen molar-refractivity contribution in [2.45, 2.75) is 65.0 Å². The van der Waals surface area contributed by atoms with Crippen molar-refractivity contribution in [2.24, 2.45) is 23.6 Å². The molecule has 0 amide bonds. The van der Waals surface area contributed by atoms with Gasteiger partial charge >= 0.3 is 0 Å². The predicted octanol–water partition coefficient (Wildman–Crippen LogP) is 3.04. The molecule has 1 aromatic heterocycles. The molecule has 5 heteroatoms. The average molecular weight is 355 g/mol. The number of nitrogens with zero attached hydrogens (tertiary/aromatic N) is 2. The van der Waals surface area contributed by atoms with E-state index >= 15 is 0 Å². The first-order chi connectivity index (χ1) is 10.2. The fraction of sp³-hybridized carbons (Fsp3) is 0.812. The van der Waals surface area contributed by atoms with Crippen molar-refractivity contribution in [3.63, 3.8) is 0 Å². The van der Waals surface area contributed by atoms with Crippen LogP contribution in [0.4, 0.5) is 0 Å². The minimum absolute atomic E-state index is 0.378. The number of rotatable bonds is 6. The zero-order valence-electron chi connectivity index (χ0n) is 13.1. The average Bonchev–Trinajstić information content (AvgIpc) is 3.19. The van der Waals surface area contributed by atoms with Crippen molar-refractivity contribution in [3.8, 4) is 0 Å². The second-order valence-corrected chi connectivity index (χ2v) is 7.49. The Balaban J connectivity index is 1.79. The van der Waals surface area contributed by atoms with Gasteiger partial charge in [-0.25, -0.2) is 0 Å². The fourth-order valence-corrected chi connectivity index (χ4v) is 5.27. The number of aromatic nitrogens is 2. The van der Waals surface area contributed by atoms with Crippen LogP contribution in [0.1, 0.15) is 50.9 Å². The Morgan fingerprint density at radius 2 is 2.19 bits per heavy atom. The standard InChI is InChI=1S/C16H27BrN4/c1-3-13-16(17)15(21(4-2)20-13)9-14(19-18)12-8-10-5-6-11(12)7-10/h10-12,14,19H,3-9,18H2,1-2H3. The summed E-state index contributed by atoms with van der Waals surface area (Å²) in [7, 11) is 0. The monoisotopic (exact) mass is 354 g/mol. The Kier molecular flexibility index (Phi) is 4.71. The highest BCUT2D eigenvalue weighted by Gasteiger charge is 2.43. The van der Waals surface area contributed by atoms with Gasteiger partial charge in [0.25, 0.3) is 0 Å². The van der Waals surface area contributed by atoms with Crippen molar-refractivity contribution >= 4 is 15.9 Å². The van der Waals surface area contributed by atoms with Crippen molar-refractivity contribution in [1.29, 1.82) is 0 Å². The lowest BCUT2D eigenvalue weighted by Gasteiger charge is -2.30. The number of hydrazine groups is 1. The molecule has 0 saturated heterocycles. The molecule has 1 aromatic rings. The van der Waals surface area contributed by atoms with Crippen LogP contribution in [0.3, 0.4) is 0 Å². The zero-order valence-corrected chi connectivity index (χ0v) is 14.7. The van der Waals surface area contributed by atoms with Crippen molar-refractivity contribution in [3.05, 3.63) is 15.9 Å². The van der Waals surface area contributed by atoms with Crippen LogP contribution in [-0.2, 0) is 19.4 Å². The van der Waals surface area contributed by atoms with E-state index in [0.29, 0.717) is 6.04 Å². The van der Waals surface area contributed by atoms with Gasteiger partial charge in [-0.1, -0.05) is 13.3 Å². The van der Waals surface area contributed by atoms with Crippen LogP contribution < -0.4 is 11.3 Å². The Morgan fingerprint density at radius 3 is 2.71 bits per heavy atom. The molecule has 4 unspecified atom stereocenters. The third-order valence-electron chi connectivity index (χ3n) is 5.63. The molecule has 1 heterocycles. The Labute approximate surface area is 135 Å². The van der Waals surface area contributed by atoms with E-state index in [9.17, 15) is 0 Å². The summed E-state index contributed by atoms with van der Waals surface area (Å²) >= 11 is 3.76. The highest BCUT2D eigenvalue weighted by molar-refractivity contribution is 9.10. The summed E-state index contributed by atoms with van der Waals surface area (Å²) in [5.41, 5.74) is 5.59. The van der Waals surface area contributed by atoms with Gasteiger partial charge in [-0.15, -0.1) is 0 Å². The van der Waals surface area contributed by atoms with E-state index < -0.39 is 0 Å². The third-order valence-corrected chi connectivity index (χ3v) is 6.55. The molecule has 0 spiro atoms. The van der Waals surface area contributed by atoms with E-state index in [0.717, 1.165) is 42.8 Å². The molecule has 0 aliphatic heterocycles. The number of halogens is 1. The van der Waals surface area contributed by atoms with Gasteiger partial charge in [-0.05, 0) is 66.3 Å². The summed E-state index contributed by atoms with van der Waals surface area (Å²) in [6, 6.07) is 0.378. The van der Waals surface area contributed by atoms with Gasteiger partial charge < -0.3 is 0 Å². The third kappa shape index (κ3) is 2.80. The van der Waals surface area contributed by atoms with E-state index in [-0.39, 0.29) is 0 Å². The molecule has 2 fully saturated rings. The Hall–Kier alpha value is -0.390. The van der Waals surface area contributed by atoms with Gasteiger partial charge in [-0.3, -0.25) is 16.0 Å². The topological polar surface area (TPSA) is 55.9 Å². The second kappa shape index (κ2) is 6.39. The number of nitrogens with two attached hydrogens (primary N) is 1. The molecular formula is C16H27BrN4. The number of fused-ring (bicyclic) bond motifs is 2. The van der Waals surface area contributed by atoms with Crippen molar-refractivity contribution < 1.29 is 0 Å². The first-order valence-electron chi connectivity index (χ1n) is 8.38. The maximum atomic E-state index is 5.92.